The van der Waals surface area contributed by atoms with E-state index in [1.165, 1.54) is 36.4 Å². The smallest absolute Gasteiger partial charge is 0.377 e. The minimum Gasteiger partial charge on any atom is -0.490 e. The number of carbonyl (C=O) groups excluding carboxylic acids is 1. The van der Waals surface area contributed by atoms with Gasteiger partial charge in [-0.2, -0.15) is 0 Å². The molecular weight excluding hydrogens is 291 g/mol. The monoisotopic (exact) mass is 304 g/mol. The van der Waals surface area contributed by atoms with Crippen LogP contribution in [-0.2, 0) is 4.79 Å². The van der Waals surface area contributed by atoms with E-state index in [-0.39, 0.29) is 24.5 Å². The van der Waals surface area contributed by atoms with Crippen LogP contribution in [0, 0.1) is 5.82 Å². The van der Waals surface area contributed by atoms with Gasteiger partial charge in [-0.05, 0) is 36.4 Å². The van der Waals surface area contributed by atoms with E-state index in [1.54, 1.807) is 12.1 Å². The number of halogens is 1. The number of ketones is 1. The van der Waals surface area contributed by atoms with Crippen LogP contribution >= 0.6 is 0 Å². The third kappa shape index (κ3) is 4.05. The number of Topliss-reactive ketones (excluding diaryl/α,β-unsaturated/α-hetero) is 1. The maximum Gasteiger partial charge on any atom is 0.377 e. The van der Waals surface area contributed by atoms with E-state index in [0.29, 0.717) is 5.75 Å². The van der Waals surface area contributed by atoms with Gasteiger partial charge in [0.2, 0.25) is 0 Å². The second kappa shape index (κ2) is 7.21. The zero-order valence-corrected chi connectivity index (χ0v) is 11.5. The Morgan fingerprint density at radius 1 is 0.955 bits per heavy atom. The molecule has 1 N–H and O–H groups in total. The lowest BCUT2D eigenvalue weighted by atomic mass is 10.1. The summed E-state index contributed by atoms with van der Waals surface area (Å²) in [6.07, 6.45) is 0. The molecule has 0 fully saturated rings. The predicted octanol–water partition coefficient (Wildman–Crippen LogP) is 2.55. The Bertz CT molecular complexity index is 666. The van der Waals surface area contributed by atoms with Crippen LogP contribution in [-0.4, -0.2) is 30.1 Å². The molecule has 2 rings (SSSR count). The number of carboxylic acid groups (broad SMARTS) is 1. The normalized spacial score (nSPS) is 10.0. The number of benzene rings is 2. The van der Waals surface area contributed by atoms with Crippen molar-refractivity contribution in [2.75, 3.05) is 13.2 Å². The van der Waals surface area contributed by atoms with E-state index in [2.05, 4.69) is 0 Å². The molecule has 114 valence electrons. The molecule has 0 aromatic heterocycles. The van der Waals surface area contributed by atoms with Gasteiger partial charge in [-0.1, -0.05) is 12.1 Å². The molecule has 0 heterocycles. The first kappa shape index (κ1) is 15.5. The molecule has 0 spiro atoms. The Balaban J connectivity index is 1.81. The number of rotatable bonds is 7. The first-order chi connectivity index (χ1) is 10.6. The summed E-state index contributed by atoms with van der Waals surface area (Å²) < 4.78 is 23.9. The lowest BCUT2D eigenvalue weighted by Crippen LogP contribution is -2.13. The molecule has 0 atom stereocenters. The quantitative estimate of drug-likeness (QED) is 0.483. The minimum absolute atomic E-state index is 0.0717. The van der Waals surface area contributed by atoms with Crippen molar-refractivity contribution in [1.29, 1.82) is 0 Å². The van der Waals surface area contributed by atoms with Gasteiger partial charge in [0.1, 0.15) is 19.0 Å². The second-order valence-corrected chi connectivity index (χ2v) is 4.29. The second-order valence-electron chi connectivity index (χ2n) is 4.29. The Hall–Kier alpha value is -2.89. The number of aliphatic carboxylic acids is 1. The van der Waals surface area contributed by atoms with Crippen LogP contribution in [0.3, 0.4) is 0 Å². The molecule has 6 heteroatoms. The van der Waals surface area contributed by atoms with Gasteiger partial charge >= 0.3 is 5.97 Å². The SMILES string of the molecule is O=C(O)C(=O)c1ccc(OCCOc2ccccc2F)cc1. The van der Waals surface area contributed by atoms with Crippen molar-refractivity contribution in [3.05, 3.63) is 59.9 Å². The maximum absolute atomic E-state index is 13.3. The Morgan fingerprint density at radius 3 is 2.23 bits per heavy atom. The molecule has 0 aliphatic heterocycles. The van der Waals surface area contributed by atoms with E-state index in [9.17, 15) is 14.0 Å². The van der Waals surface area contributed by atoms with Crippen molar-refractivity contribution in [2.45, 2.75) is 0 Å². The van der Waals surface area contributed by atoms with Crippen LogP contribution in [0.1, 0.15) is 10.4 Å². The summed E-state index contributed by atoms with van der Waals surface area (Å²) in [6, 6.07) is 11.7. The molecule has 0 radical (unpaired) electrons. The van der Waals surface area contributed by atoms with Crippen molar-refractivity contribution in [2.24, 2.45) is 0 Å². The van der Waals surface area contributed by atoms with Crippen LogP contribution in [0.2, 0.25) is 0 Å². The van der Waals surface area contributed by atoms with Gasteiger partial charge in [0.05, 0.1) is 0 Å². The molecule has 0 unspecified atom stereocenters. The van der Waals surface area contributed by atoms with Gasteiger partial charge in [-0.15, -0.1) is 0 Å². The van der Waals surface area contributed by atoms with Crippen molar-refractivity contribution < 1.29 is 28.6 Å². The molecule has 0 bridgehead atoms. The fraction of sp³-hybridized carbons (Fsp3) is 0.125. The molecule has 0 aliphatic carbocycles. The van der Waals surface area contributed by atoms with Gasteiger partial charge in [-0.3, -0.25) is 4.79 Å². The van der Waals surface area contributed by atoms with Crippen molar-refractivity contribution in [3.63, 3.8) is 0 Å². The van der Waals surface area contributed by atoms with Crippen LogP contribution in [0.5, 0.6) is 11.5 Å². The summed E-state index contributed by atoms with van der Waals surface area (Å²) in [5.41, 5.74) is 0.0717. The van der Waals surface area contributed by atoms with Crippen LogP contribution < -0.4 is 9.47 Å². The Morgan fingerprint density at radius 2 is 1.59 bits per heavy atom. The predicted molar refractivity (Wildman–Crippen MR) is 75.8 cm³/mol. The molecule has 0 saturated heterocycles. The fourth-order valence-electron chi connectivity index (χ4n) is 1.70. The molecule has 2 aromatic carbocycles. The van der Waals surface area contributed by atoms with Gasteiger partial charge < -0.3 is 14.6 Å². The molecule has 0 amide bonds. The standard InChI is InChI=1S/C16H13FO5/c17-13-3-1-2-4-14(13)22-10-9-21-12-7-5-11(6-8-12)15(18)16(19)20/h1-8H,9-10H2,(H,19,20). The molecule has 22 heavy (non-hydrogen) atoms. The Kier molecular flexibility index (Phi) is 5.08. The first-order valence-corrected chi connectivity index (χ1v) is 6.46. The summed E-state index contributed by atoms with van der Waals surface area (Å²) in [4.78, 5) is 21.7. The van der Waals surface area contributed by atoms with E-state index in [4.69, 9.17) is 14.6 Å². The lowest BCUT2D eigenvalue weighted by molar-refractivity contribution is -0.131. The highest BCUT2D eigenvalue weighted by Crippen LogP contribution is 2.16. The summed E-state index contributed by atoms with van der Waals surface area (Å²) in [5, 5.41) is 8.58. The number of ether oxygens (including phenoxy) is 2. The number of hydrogen-bond acceptors (Lipinski definition) is 4. The molecular formula is C16H13FO5. The van der Waals surface area contributed by atoms with Crippen molar-refractivity contribution >= 4 is 11.8 Å². The molecule has 2 aromatic rings. The number of carbonyl (C=O) groups is 2. The maximum atomic E-state index is 13.3. The fourth-order valence-corrected chi connectivity index (χ4v) is 1.70. The third-order valence-corrected chi connectivity index (χ3v) is 2.76. The highest BCUT2D eigenvalue weighted by molar-refractivity contribution is 6.39. The summed E-state index contributed by atoms with van der Waals surface area (Å²) in [5.74, 6) is -2.33. The largest absolute Gasteiger partial charge is 0.490 e. The highest BCUT2D eigenvalue weighted by atomic mass is 19.1. The number of para-hydroxylation sites is 1. The van der Waals surface area contributed by atoms with Gasteiger partial charge in [0, 0.05) is 5.56 Å². The number of hydrogen-bond donors (Lipinski definition) is 1. The summed E-state index contributed by atoms with van der Waals surface area (Å²) >= 11 is 0. The zero-order chi connectivity index (χ0) is 15.9. The average Bonchev–Trinajstić information content (AvgIpc) is 2.53. The average molecular weight is 304 g/mol. The van der Waals surface area contributed by atoms with Crippen molar-refractivity contribution in [1.82, 2.24) is 0 Å². The van der Waals surface area contributed by atoms with Crippen LogP contribution in [0.15, 0.2) is 48.5 Å². The summed E-state index contributed by atoms with van der Waals surface area (Å²) in [6.45, 7) is 0.331. The highest BCUT2D eigenvalue weighted by Gasteiger charge is 2.13. The van der Waals surface area contributed by atoms with Gasteiger partial charge in [-0.25, -0.2) is 9.18 Å². The summed E-state index contributed by atoms with van der Waals surface area (Å²) in [7, 11) is 0. The number of carboxylic acids is 1. The van der Waals surface area contributed by atoms with Crippen LogP contribution in [0.25, 0.3) is 0 Å². The first-order valence-electron chi connectivity index (χ1n) is 6.46. The minimum atomic E-state index is -1.51. The Labute approximate surface area is 125 Å². The van der Waals surface area contributed by atoms with E-state index in [0.717, 1.165) is 0 Å². The van der Waals surface area contributed by atoms with Crippen LogP contribution in [0.4, 0.5) is 4.39 Å². The van der Waals surface area contributed by atoms with E-state index in [1.807, 2.05) is 0 Å². The third-order valence-electron chi connectivity index (χ3n) is 2.76. The molecule has 5 nitrogen and oxygen atoms in total. The van der Waals surface area contributed by atoms with E-state index < -0.39 is 17.6 Å². The van der Waals surface area contributed by atoms with Gasteiger partial charge in [0.25, 0.3) is 5.78 Å². The molecule has 0 aliphatic rings. The topological polar surface area (TPSA) is 72.8 Å². The van der Waals surface area contributed by atoms with Crippen molar-refractivity contribution in [3.8, 4) is 11.5 Å². The zero-order valence-electron chi connectivity index (χ0n) is 11.5. The van der Waals surface area contributed by atoms with E-state index >= 15 is 0 Å². The van der Waals surface area contributed by atoms with Gasteiger partial charge in [0.15, 0.2) is 11.6 Å². The molecule has 0 saturated carbocycles. The lowest BCUT2D eigenvalue weighted by Gasteiger charge is -2.09.